The number of rotatable bonds is 5. The van der Waals surface area contributed by atoms with Crippen LogP contribution in [0.3, 0.4) is 0 Å². The Balaban J connectivity index is 1.61. The van der Waals surface area contributed by atoms with E-state index in [0.29, 0.717) is 19.1 Å². The molecule has 0 aliphatic carbocycles. The number of carboxylic acid groups (broad SMARTS) is 1. The first-order chi connectivity index (χ1) is 15.5. The number of nitrogens with one attached hydrogen (secondary N) is 1. The minimum atomic E-state index is -0.815. The van der Waals surface area contributed by atoms with Crippen LogP contribution in [-0.2, 0) is 22.4 Å². The van der Waals surface area contributed by atoms with E-state index < -0.39 is 11.9 Å². The molecule has 0 amide bonds. The van der Waals surface area contributed by atoms with Gasteiger partial charge in [-0.3, -0.25) is 4.79 Å². The highest BCUT2D eigenvalue weighted by atomic mass is 16.5. The normalized spacial score (nSPS) is 21.7. The number of ether oxygens (including phenoxy) is 1. The van der Waals surface area contributed by atoms with Crippen LogP contribution >= 0.6 is 0 Å². The molecule has 3 heterocycles. The van der Waals surface area contributed by atoms with Crippen LogP contribution in [0.15, 0.2) is 36.4 Å². The quantitative estimate of drug-likeness (QED) is 0.601. The molecule has 0 spiro atoms. The third kappa shape index (κ3) is 3.88. The van der Waals surface area contributed by atoms with Crippen molar-refractivity contribution in [2.24, 2.45) is 0 Å². The number of aryl methyl sites for hydroxylation is 2. The van der Waals surface area contributed by atoms with Gasteiger partial charge >= 0.3 is 5.97 Å². The summed E-state index contributed by atoms with van der Waals surface area (Å²) in [6.07, 6.45) is 4.45. The summed E-state index contributed by atoms with van der Waals surface area (Å²) in [5.41, 5.74) is 6.45. The minimum Gasteiger partial charge on any atom is -0.481 e. The van der Waals surface area contributed by atoms with Crippen molar-refractivity contribution < 1.29 is 14.6 Å². The van der Waals surface area contributed by atoms with Crippen molar-refractivity contribution in [2.75, 3.05) is 18.5 Å². The molecule has 3 atom stereocenters. The number of benzene rings is 2. The molecule has 3 aromatic rings. The Bertz CT molecular complexity index is 1130. The molecule has 1 saturated heterocycles. The fourth-order valence-corrected chi connectivity index (χ4v) is 5.16. The van der Waals surface area contributed by atoms with E-state index in [9.17, 15) is 9.90 Å². The number of carboxylic acids is 1. The molecular weight excluding hydrogens is 402 g/mol. The lowest BCUT2D eigenvalue weighted by atomic mass is 9.94. The summed E-state index contributed by atoms with van der Waals surface area (Å²) in [6, 6.07) is 12.8. The molecular formula is C26H31N3O3. The summed E-state index contributed by atoms with van der Waals surface area (Å²) in [7, 11) is 0. The van der Waals surface area contributed by atoms with Crippen molar-refractivity contribution in [1.82, 2.24) is 9.55 Å². The Labute approximate surface area is 188 Å². The molecule has 2 aromatic carbocycles. The van der Waals surface area contributed by atoms with Crippen molar-refractivity contribution >= 4 is 22.7 Å². The van der Waals surface area contributed by atoms with Crippen LogP contribution in [0.5, 0.6) is 0 Å². The number of imidazole rings is 1. The van der Waals surface area contributed by atoms with E-state index in [1.165, 1.54) is 5.56 Å². The van der Waals surface area contributed by atoms with Gasteiger partial charge < -0.3 is 19.7 Å². The van der Waals surface area contributed by atoms with Crippen molar-refractivity contribution in [1.29, 1.82) is 0 Å². The van der Waals surface area contributed by atoms with Gasteiger partial charge in [0.2, 0.25) is 0 Å². The van der Waals surface area contributed by atoms with Crippen LogP contribution < -0.4 is 5.32 Å². The second-order valence-corrected chi connectivity index (χ2v) is 9.32. The van der Waals surface area contributed by atoms with E-state index in [0.717, 1.165) is 66.0 Å². The fourth-order valence-electron chi connectivity index (χ4n) is 5.16. The van der Waals surface area contributed by atoms with Gasteiger partial charge in [0, 0.05) is 30.3 Å². The zero-order valence-corrected chi connectivity index (χ0v) is 18.8. The summed E-state index contributed by atoms with van der Waals surface area (Å²) < 4.78 is 8.08. The van der Waals surface area contributed by atoms with Crippen molar-refractivity contribution in [3.05, 3.63) is 58.9 Å². The Kier molecular flexibility index (Phi) is 5.64. The number of hydrogen-bond donors (Lipinski definition) is 2. The maximum Gasteiger partial charge on any atom is 0.311 e. The molecule has 0 radical (unpaired) electrons. The lowest BCUT2D eigenvalue weighted by Crippen LogP contribution is -2.25. The second-order valence-electron chi connectivity index (χ2n) is 9.32. The highest BCUT2D eigenvalue weighted by molar-refractivity contribution is 5.86. The van der Waals surface area contributed by atoms with Crippen LogP contribution in [0.4, 0.5) is 5.69 Å². The number of hydrogen-bond acceptors (Lipinski definition) is 4. The third-order valence-electron chi connectivity index (χ3n) is 6.94. The van der Waals surface area contributed by atoms with E-state index in [-0.39, 0.29) is 6.04 Å². The monoisotopic (exact) mass is 433 g/mol. The average Bonchev–Trinajstić information content (AvgIpc) is 3.17. The van der Waals surface area contributed by atoms with Gasteiger partial charge in [-0.05, 0) is 57.2 Å². The van der Waals surface area contributed by atoms with Crippen LogP contribution in [0.2, 0.25) is 0 Å². The molecule has 2 aliphatic heterocycles. The number of fused-ring (bicyclic) bond motifs is 3. The first-order valence-corrected chi connectivity index (χ1v) is 11.7. The predicted octanol–water partition coefficient (Wildman–Crippen LogP) is 4.85. The molecule has 5 rings (SSSR count). The van der Waals surface area contributed by atoms with Gasteiger partial charge in [-0.25, -0.2) is 4.98 Å². The molecule has 2 unspecified atom stereocenters. The van der Waals surface area contributed by atoms with Gasteiger partial charge in [-0.1, -0.05) is 29.8 Å². The van der Waals surface area contributed by atoms with Gasteiger partial charge in [0.1, 0.15) is 5.82 Å². The summed E-state index contributed by atoms with van der Waals surface area (Å²) in [6.45, 7) is 5.65. The highest BCUT2D eigenvalue weighted by Gasteiger charge is 2.29. The van der Waals surface area contributed by atoms with Crippen molar-refractivity contribution in [3.63, 3.8) is 0 Å². The SMILES string of the molecule is Cc1ccc(C(Cc2nc3c4c(ccc3n2C2CCCOC2)N[C@@H](C)CC4)C(=O)O)cc1. The number of aliphatic carboxylic acids is 1. The van der Waals surface area contributed by atoms with Gasteiger partial charge in [0.05, 0.1) is 29.6 Å². The molecule has 0 saturated carbocycles. The van der Waals surface area contributed by atoms with Gasteiger partial charge in [0.25, 0.3) is 0 Å². The second kappa shape index (κ2) is 8.58. The number of carbonyl (C=O) groups is 1. The topological polar surface area (TPSA) is 76.4 Å². The molecule has 6 nitrogen and oxygen atoms in total. The molecule has 2 N–H and O–H groups in total. The standard InChI is InChI=1S/C26H31N3O3/c1-16-5-8-18(9-6-16)21(26(30)31)14-24-28-25-20-10-7-17(2)27-22(20)11-12-23(25)29(24)19-4-3-13-32-15-19/h5-6,8-9,11-12,17,19,21,27H,3-4,7,10,13-15H2,1-2H3,(H,30,31)/t17-,19?,21?/m0/s1. The van der Waals surface area contributed by atoms with Crippen LogP contribution in [0.1, 0.15) is 60.7 Å². The van der Waals surface area contributed by atoms with Crippen LogP contribution in [-0.4, -0.2) is 39.9 Å². The van der Waals surface area contributed by atoms with Crippen molar-refractivity contribution in [3.8, 4) is 0 Å². The van der Waals surface area contributed by atoms with Gasteiger partial charge in [0.15, 0.2) is 0 Å². The van der Waals surface area contributed by atoms with Crippen LogP contribution in [0, 0.1) is 6.92 Å². The third-order valence-corrected chi connectivity index (χ3v) is 6.94. The first-order valence-electron chi connectivity index (χ1n) is 11.7. The van der Waals surface area contributed by atoms with E-state index >= 15 is 0 Å². The lowest BCUT2D eigenvalue weighted by molar-refractivity contribution is -0.138. The Morgan fingerprint density at radius 3 is 2.78 bits per heavy atom. The molecule has 168 valence electrons. The molecule has 1 aromatic heterocycles. The smallest absolute Gasteiger partial charge is 0.311 e. The summed E-state index contributed by atoms with van der Waals surface area (Å²) >= 11 is 0. The Morgan fingerprint density at radius 1 is 1.25 bits per heavy atom. The Hall–Kier alpha value is -2.86. The molecule has 2 aliphatic rings. The molecule has 1 fully saturated rings. The van der Waals surface area contributed by atoms with E-state index in [2.05, 4.69) is 28.9 Å². The first kappa shape index (κ1) is 21.0. The fraction of sp³-hybridized carbons (Fsp3) is 0.462. The largest absolute Gasteiger partial charge is 0.481 e. The molecule has 6 heteroatoms. The number of aromatic nitrogens is 2. The van der Waals surface area contributed by atoms with E-state index in [1.807, 2.05) is 31.2 Å². The summed E-state index contributed by atoms with van der Waals surface area (Å²) in [4.78, 5) is 17.4. The zero-order chi connectivity index (χ0) is 22.2. The van der Waals surface area contributed by atoms with E-state index in [4.69, 9.17) is 9.72 Å². The van der Waals surface area contributed by atoms with Gasteiger partial charge in [-0.15, -0.1) is 0 Å². The molecule has 0 bridgehead atoms. The molecule has 32 heavy (non-hydrogen) atoms. The summed E-state index contributed by atoms with van der Waals surface area (Å²) in [5, 5.41) is 13.7. The van der Waals surface area contributed by atoms with E-state index in [1.54, 1.807) is 0 Å². The number of anilines is 1. The zero-order valence-electron chi connectivity index (χ0n) is 18.8. The van der Waals surface area contributed by atoms with Gasteiger partial charge in [-0.2, -0.15) is 0 Å². The van der Waals surface area contributed by atoms with Crippen LogP contribution in [0.25, 0.3) is 11.0 Å². The number of nitrogens with zero attached hydrogens (tertiary/aromatic N) is 2. The lowest BCUT2D eigenvalue weighted by Gasteiger charge is -2.27. The average molecular weight is 434 g/mol. The minimum absolute atomic E-state index is 0.185. The highest BCUT2D eigenvalue weighted by Crippen LogP contribution is 2.36. The Morgan fingerprint density at radius 2 is 2.06 bits per heavy atom. The predicted molar refractivity (Wildman–Crippen MR) is 125 cm³/mol. The maximum atomic E-state index is 12.3. The summed E-state index contributed by atoms with van der Waals surface area (Å²) in [5.74, 6) is -0.606. The maximum absolute atomic E-state index is 12.3. The van der Waals surface area contributed by atoms with Crippen molar-refractivity contribution in [2.45, 2.75) is 64.0 Å².